The minimum atomic E-state index is -3.37. The Labute approximate surface area is 103 Å². The first-order valence-electron chi connectivity index (χ1n) is 5.29. The zero-order valence-corrected chi connectivity index (χ0v) is 10.3. The van der Waals surface area contributed by atoms with Crippen LogP contribution in [0.15, 0.2) is 30.4 Å². The van der Waals surface area contributed by atoms with E-state index < -0.39 is 23.1 Å². The van der Waals surface area contributed by atoms with E-state index in [2.05, 4.69) is 4.98 Å². The van der Waals surface area contributed by atoms with Crippen molar-refractivity contribution in [1.82, 2.24) is 4.98 Å². The molecule has 0 radical (unpaired) electrons. The molecule has 0 amide bonds. The van der Waals surface area contributed by atoms with Crippen molar-refractivity contribution in [3.05, 3.63) is 47.3 Å². The predicted molar refractivity (Wildman–Crippen MR) is 62.3 cm³/mol. The molecule has 1 aromatic heterocycles. The monoisotopic (exact) mass is 259 g/mol. The van der Waals surface area contributed by atoms with Crippen LogP contribution in [-0.4, -0.2) is 4.98 Å². The van der Waals surface area contributed by atoms with Gasteiger partial charge in [-0.1, -0.05) is 6.08 Å². The minimum absolute atomic E-state index is 0.109. The normalized spacial score (nSPS) is 13.9. The molecule has 0 bridgehead atoms. The van der Waals surface area contributed by atoms with Crippen LogP contribution in [0, 0.1) is 5.82 Å². The second-order valence-electron chi connectivity index (χ2n) is 3.91. The second kappa shape index (κ2) is 5.33. The lowest BCUT2D eigenvalue weighted by atomic mass is 9.97. The highest BCUT2D eigenvalue weighted by molar-refractivity contribution is 5.76. The van der Waals surface area contributed by atoms with Gasteiger partial charge in [0.05, 0.1) is 17.6 Å². The second-order valence-corrected chi connectivity index (χ2v) is 3.91. The third-order valence-electron chi connectivity index (χ3n) is 2.32. The number of allylic oxidation sites excluding steroid dienone is 4. The molecular weight excluding hydrogens is 246 g/mol. The SMILES string of the molecule is C/C=C(\C=C(/C)F)c1cncc(F)c1C(C)(F)F. The number of hydrogen-bond acceptors (Lipinski definition) is 1. The van der Waals surface area contributed by atoms with E-state index in [0.717, 1.165) is 18.5 Å². The van der Waals surface area contributed by atoms with Gasteiger partial charge in [-0.3, -0.25) is 4.98 Å². The van der Waals surface area contributed by atoms with Crippen LogP contribution in [0.3, 0.4) is 0 Å². The molecule has 0 atom stereocenters. The molecule has 0 unspecified atom stereocenters. The van der Waals surface area contributed by atoms with Crippen LogP contribution < -0.4 is 0 Å². The largest absolute Gasteiger partial charge is 0.274 e. The Hall–Kier alpha value is -1.65. The highest BCUT2D eigenvalue weighted by atomic mass is 19.3. The molecule has 0 saturated heterocycles. The summed E-state index contributed by atoms with van der Waals surface area (Å²) in [6.07, 6.45) is 4.31. The van der Waals surface area contributed by atoms with Crippen molar-refractivity contribution in [3.63, 3.8) is 0 Å². The summed E-state index contributed by atoms with van der Waals surface area (Å²) in [5.41, 5.74) is -0.719. The van der Waals surface area contributed by atoms with E-state index in [1.54, 1.807) is 6.92 Å². The van der Waals surface area contributed by atoms with Gasteiger partial charge < -0.3 is 0 Å². The number of aromatic nitrogens is 1. The number of pyridine rings is 1. The molecule has 0 fully saturated rings. The van der Waals surface area contributed by atoms with Crippen LogP contribution in [-0.2, 0) is 5.92 Å². The molecular formula is C13H13F4N. The number of nitrogens with zero attached hydrogens (tertiary/aromatic N) is 1. The van der Waals surface area contributed by atoms with Crippen molar-refractivity contribution in [2.24, 2.45) is 0 Å². The van der Waals surface area contributed by atoms with Gasteiger partial charge in [-0.05, 0) is 25.5 Å². The van der Waals surface area contributed by atoms with Crippen LogP contribution in [0.4, 0.5) is 17.6 Å². The van der Waals surface area contributed by atoms with Crippen molar-refractivity contribution in [2.75, 3.05) is 0 Å². The summed E-state index contributed by atoms with van der Waals surface area (Å²) in [7, 11) is 0. The fourth-order valence-corrected chi connectivity index (χ4v) is 1.63. The molecule has 1 rings (SSSR count). The molecule has 18 heavy (non-hydrogen) atoms. The molecule has 0 saturated carbocycles. The van der Waals surface area contributed by atoms with E-state index >= 15 is 0 Å². The first-order valence-corrected chi connectivity index (χ1v) is 5.29. The molecule has 98 valence electrons. The quantitative estimate of drug-likeness (QED) is 0.570. The lowest BCUT2D eigenvalue weighted by Gasteiger charge is -2.16. The molecule has 1 nitrogen and oxygen atoms in total. The lowest BCUT2D eigenvalue weighted by Crippen LogP contribution is -2.13. The van der Waals surface area contributed by atoms with Gasteiger partial charge in [0, 0.05) is 18.7 Å². The summed E-state index contributed by atoms with van der Waals surface area (Å²) >= 11 is 0. The fraction of sp³-hybridized carbons (Fsp3) is 0.308. The van der Waals surface area contributed by atoms with Crippen molar-refractivity contribution in [1.29, 1.82) is 0 Å². The fourth-order valence-electron chi connectivity index (χ4n) is 1.63. The molecule has 1 aromatic rings. The highest BCUT2D eigenvalue weighted by Crippen LogP contribution is 2.35. The maximum atomic E-state index is 13.5. The molecule has 0 spiro atoms. The maximum Gasteiger partial charge on any atom is 0.274 e. The first kappa shape index (κ1) is 14.4. The molecule has 0 N–H and O–H groups in total. The number of alkyl halides is 2. The molecule has 0 aliphatic carbocycles. The lowest BCUT2D eigenvalue weighted by molar-refractivity contribution is 0.0133. The number of rotatable bonds is 3. The van der Waals surface area contributed by atoms with Gasteiger partial charge in [-0.2, -0.15) is 0 Å². The van der Waals surface area contributed by atoms with Gasteiger partial charge in [0.15, 0.2) is 5.82 Å². The highest BCUT2D eigenvalue weighted by Gasteiger charge is 2.32. The number of halogens is 4. The zero-order valence-electron chi connectivity index (χ0n) is 10.3. The van der Waals surface area contributed by atoms with E-state index in [9.17, 15) is 17.6 Å². The molecule has 1 heterocycles. The van der Waals surface area contributed by atoms with Crippen LogP contribution in [0.5, 0.6) is 0 Å². The summed E-state index contributed by atoms with van der Waals surface area (Å²) < 4.78 is 53.2. The average molecular weight is 259 g/mol. The topological polar surface area (TPSA) is 12.9 Å². The Morgan fingerprint density at radius 2 is 1.94 bits per heavy atom. The zero-order chi connectivity index (χ0) is 13.9. The van der Waals surface area contributed by atoms with Crippen molar-refractivity contribution in [2.45, 2.75) is 26.7 Å². The van der Waals surface area contributed by atoms with E-state index in [4.69, 9.17) is 0 Å². The molecule has 0 aliphatic heterocycles. The third kappa shape index (κ3) is 3.18. The van der Waals surface area contributed by atoms with Gasteiger partial charge in [-0.15, -0.1) is 0 Å². The Morgan fingerprint density at radius 1 is 1.33 bits per heavy atom. The van der Waals surface area contributed by atoms with Gasteiger partial charge in [0.1, 0.15) is 0 Å². The summed E-state index contributed by atoms with van der Waals surface area (Å²) in [6, 6.07) is 0. The van der Waals surface area contributed by atoms with Crippen LogP contribution in [0.25, 0.3) is 5.57 Å². The van der Waals surface area contributed by atoms with E-state index in [1.165, 1.54) is 13.0 Å². The van der Waals surface area contributed by atoms with Gasteiger partial charge in [0.2, 0.25) is 0 Å². The Morgan fingerprint density at radius 3 is 2.39 bits per heavy atom. The summed E-state index contributed by atoms with van der Waals surface area (Å²) in [5, 5.41) is 0. The summed E-state index contributed by atoms with van der Waals surface area (Å²) in [6.45, 7) is 3.32. The maximum absolute atomic E-state index is 13.5. The Kier molecular flexibility index (Phi) is 4.27. The third-order valence-corrected chi connectivity index (χ3v) is 2.32. The number of hydrogen-bond donors (Lipinski definition) is 0. The minimum Gasteiger partial charge on any atom is -0.261 e. The van der Waals surface area contributed by atoms with Crippen molar-refractivity contribution in [3.8, 4) is 0 Å². The summed E-state index contributed by atoms with van der Waals surface area (Å²) in [5.74, 6) is -5.03. The van der Waals surface area contributed by atoms with E-state index in [1.807, 2.05) is 0 Å². The van der Waals surface area contributed by atoms with Crippen LogP contribution in [0.2, 0.25) is 0 Å². The average Bonchev–Trinajstić information content (AvgIpc) is 2.23. The standard InChI is InChI=1S/C13H13F4N/c1-4-9(5-8(2)14)10-6-18-7-11(15)12(10)13(3,16)17/h4-7H,1-3H3/b8-5+,9-4+. The Balaban J connectivity index is 3.51. The summed E-state index contributed by atoms with van der Waals surface area (Å²) in [4.78, 5) is 3.53. The molecule has 0 aromatic carbocycles. The van der Waals surface area contributed by atoms with Gasteiger partial charge >= 0.3 is 0 Å². The van der Waals surface area contributed by atoms with Gasteiger partial charge in [-0.25, -0.2) is 17.6 Å². The molecule has 5 heteroatoms. The van der Waals surface area contributed by atoms with Crippen molar-refractivity contribution >= 4 is 5.57 Å². The molecule has 0 aliphatic rings. The Bertz CT molecular complexity index is 494. The van der Waals surface area contributed by atoms with Crippen LogP contribution >= 0.6 is 0 Å². The van der Waals surface area contributed by atoms with Crippen LogP contribution in [0.1, 0.15) is 31.9 Å². The first-order chi connectivity index (χ1) is 8.27. The van der Waals surface area contributed by atoms with E-state index in [-0.39, 0.29) is 11.1 Å². The van der Waals surface area contributed by atoms with Gasteiger partial charge in [0.25, 0.3) is 5.92 Å². The smallest absolute Gasteiger partial charge is 0.261 e. The predicted octanol–water partition coefficient (Wildman–Crippen LogP) is 4.61. The van der Waals surface area contributed by atoms with E-state index in [0.29, 0.717) is 6.92 Å². The van der Waals surface area contributed by atoms with Crippen molar-refractivity contribution < 1.29 is 17.6 Å².